The van der Waals surface area contributed by atoms with Gasteiger partial charge in [-0.05, 0) is 37.7 Å². The van der Waals surface area contributed by atoms with Crippen molar-refractivity contribution in [3.8, 4) is 0 Å². The zero-order valence-corrected chi connectivity index (χ0v) is 18.0. The van der Waals surface area contributed by atoms with Gasteiger partial charge in [0.05, 0.1) is 18.0 Å². The molecule has 1 aromatic carbocycles. The Kier molecular flexibility index (Phi) is 9.13. The molecule has 0 spiro atoms. The van der Waals surface area contributed by atoms with Crippen LogP contribution in [0, 0.1) is 10.1 Å². The monoisotopic (exact) mass is 451 g/mol. The van der Waals surface area contributed by atoms with Crippen LogP contribution in [0.2, 0.25) is 0 Å². The van der Waals surface area contributed by atoms with Gasteiger partial charge in [-0.15, -0.1) is 0 Å². The minimum Gasteiger partial charge on any atom is -0.466 e. The van der Waals surface area contributed by atoms with Crippen molar-refractivity contribution in [3.05, 3.63) is 39.9 Å². The molecule has 2 amide bonds. The van der Waals surface area contributed by atoms with E-state index in [2.05, 4.69) is 10.6 Å². The molecule has 0 saturated carbocycles. The Morgan fingerprint density at radius 2 is 1.74 bits per heavy atom. The predicted molar refractivity (Wildman–Crippen MR) is 115 cm³/mol. The molecule has 1 aliphatic rings. The summed E-state index contributed by atoms with van der Waals surface area (Å²) in [6.07, 6.45) is 0.992. The molecule has 0 unspecified atom stereocenters. The van der Waals surface area contributed by atoms with Crippen molar-refractivity contribution in [2.75, 3.05) is 32.8 Å². The number of benzene rings is 1. The lowest BCUT2D eigenvalue weighted by Crippen LogP contribution is -2.49. The molecule has 0 bridgehead atoms. The molecule has 1 heterocycles. The summed E-state index contributed by atoms with van der Waals surface area (Å²) in [5, 5.41) is 19.8. The van der Waals surface area contributed by atoms with Gasteiger partial charge in [-0.3, -0.25) is 34.5 Å². The Morgan fingerprint density at radius 1 is 1.10 bits per heavy atom. The van der Waals surface area contributed by atoms with E-state index in [0.29, 0.717) is 31.4 Å². The fraction of sp³-hybridized carbons (Fsp3) is 0.474. The van der Waals surface area contributed by atoms with E-state index in [0.717, 1.165) is 6.42 Å². The van der Waals surface area contributed by atoms with Crippen LogP contribution in [-0.4, -0.2) is 70.6 Å². The topological polar surface area (TPSA) is 134 Å². The summed E-state index contributed by atoms with van der Waals surface area (Å²) in [4.78, 5) is 46.2. The van der Waals surface area contributed by atoms with Crippen LogP contribution in [0.5, 0.6) is 0 Å². The molecule has 2 N–H and O–H groups in total. The highest BCUT2D eigenvalue weighted by Crippen LogP contribution is 2.13. The lowest BCUT2D eigenvalue weighted by atomic mass is 10.2. The molecule has 2 rings (SSSR count). The number of hydrogen-bond acceptors (Lipinski definition) is 7. The summed E-state index contributed by atoms with van der Waals surface area (Å²) in [6, 6.07) is 5.21. The number of carbonyl (C=O) groups is 3. The van der Waals surface area contributed by atoms with E-state index in [4.69, 9.17) is 17.0 Å². The third-order valence-electron chi connectivity index (χ3n) is 4.43. The molecule has 0 aliphatic carbocycles. The predicted octanol–water partition coefficient (Wildman–Crippen LogP) is 0.992. The molecular weight excluding hydrogens is 426 g/mol. The van der Waals surface area contributed by atoms with E-state index >= 15 is 0 Å². The van der Waals surface area contributed by atoms with E-state index < -0.39 is 10.8 Å². The average molecular weight is 452 g/mol. The van der Waals surface area contributed by atoms with Gasteiger partial charge in [0.15, 0.2) is 5.11 Å². The van der Waals surface area contributed by atoms with E-state index in [9.17, 15) is 24.5 Å². The zero-order valence-electron chi connectivity index (χ0n) is 17.2. The Hall–Kier alpha value is -3.28. The molecule has 1 aromatic rings. The highest BCUT2D eigenvalue weighted by molar-refractivity contribution is 7.80. The number of esters is 1. The molecule has 168 valence electrons. The highest BCUT2D eigenvalue weighted by Gasteiger charge is 2.28. The number of nitro groups is 1. The molecule has 1 saturated heterocycles. The van der Waals surface area contributed by atoms with Crippen molar-refractivity contribution in [2.24, 2.45) is 0 Å². The largest absolute Gasteiger partial charge is 0.466 e. The minimum absolute atomic E-state index is 0.0701. The zero-order chi connectivity index (χ0) is 22.8. The second-order valence-corrected chi connectivity index (χ2v) is 6.98. The highest BCUT2D eigenvalue weighted by atomic mass is 32.1. The van der Waals surface area contributed by atoms with Crippen molar-refractivity contribution in [3.63, 3.8) is 0 Å². The van der Waals surface area contributed by atoms with Crippen molar-refractivity contribution in [2.45, 2.75) is 26.2 Å². The number of thiocarbonyl (C=S) groups is 1. The normalized spacial score (nSPS) is 12.9. The fourth-order valence-electron chi connectivity index (χ4n) is 2.93. The van der Waals surface area contributed by atoms with Crippen LogP contribution in [-0.2, 0) is 14.3 Å². The molecule has 0 atom stereocenters. The number of amides is 2. The summed E-state index contributed by atoms with van der Waals surface area (Å²) in [6.45, 7) is 3.56. The van der Waals surface area contributed by atoms with Crippen molar-refractivity contribution in [1.82, 2.24) is 20.7 Å². The summed E-state index contributed by atoms with van der Waals surface area (Å²) in [5.41, 5.74) is 0.167. The number of non-ortho nitro benzene ring substituents is 1. The van der Waals surface area contributed by atoms with Crippen molar-refractivity contribution >= 4 is 40.8 Å². The Bertz CT molecular complexity index is 832. The van der Waals surface area contributed by atoms with Gasteiger partial charge in [0.2, 0.25) is 5.91 Å². The number of carbonyl (C=O) groups excluding carboxylic acids is 3. The van der Waals surface area contributed by atoms with Crippen LogP contribution < -0.4 is 10.6 Å². The number of ether oxygens (including phenoxy) is 1. The maximum absolute atomic E-state index is 12.6. The quantitative estimate of drug-likeness (QED) is 0.244. The Labute approximate surface area is 184 Å². The van der Waals surface area contributed by atoms with Crippen LogP contribution in [0.3, 0.4) is 0 Å². The summed E-state index contributed by atoms with van der Waals surface area (Å²) >= 11 is 5.32. The molecule has 0 aromatic heterocycles. The number of rotatable bonds is 9. The minimum atomic E-state index is -0.543. The van der Waals surface area contributed by atoms with Crippen molar-refractivity contribution < 1.29 is 24.0 Å². The third kappa shape index (κ3) is 7.17. The van der Waals surface area contributed by atoms with Crippen LogP contribution >= 0.6 is 12.2 Å². The lowest BCUT2D eigenvalue weighted by molar-refractivity contribution is -0.384. The number of hydrazine groups is 1. The SMILES string of the molecule is CCOC(=O)CCNC(=S)N1CCCN1C(=O)CCNC(=O)c1ccc([N+](=O)[O-])cc1. The Morgan fingerprint density at radius 3 is 2.39 bits per heavy atom. The van der Waals surface area contributed by atoms with E-state index in [-0.39, 0.29) is 42.5 Å². The second kappa shape index (κ2) is 11.8. The molecule has 11 nitrogen and oxygen atoms in total. The van der Waals surface area contributed by atoms with Gasteiger partial charge in [-0.2, -0.15) is 0 Å². The summed E-state index contributed by atoms with van der Waals surface area (Å²) in [7, 11) is 0. The molecule has 31 heavy (non-hydrogen) atoms. The number of hydrogen-bond donors (Lipinski definition) is 2. The first-order valence-electron chi connectivity index (χ1n) is 9.87. The van der Waals surface area contributed by atoms with Gasteiger partial charge in [0, 0.05) is 50.3 Å². The third-order valence-corrected chi connectivity index (χ3v) is 4.78. The van der Waals surface area contributed by atoms with Crippen LogP contribution in [0.1, 0.15) is 36.5 Å². The summed E-state index contributed by atoms with van der Waals surface area (Å²) < 4.78 is 4.86. The molecule has 1 fully saturated rings. The maximum atomic E-state index is 12.6. The number of nitro benzene ring substituents is 1. The summed E-state index contributed by atoms with van der Waals surface area (Å²) in [5.74, 6) is -0.941. The van der Waals surface area contributed by atoms with Gasteiger partial charge in [0.1, 0.15) is 0 Å². The van der Waals surface area contributed by atoms with Crippen LogP contribution in [0.15, 0.2) is 24.3 Å². The standard InChI is InChI=1S/C19H25N5O6S/c1-2-30-17(26)9-11-21-19(31)23-13-3-12-22(23)16(25)8-10-20-18(27)14-4-6-15(7-5-14)24(28)29/h4-7H,2-3,8-13H2,1H3,(H,20,27)(H,21,31). The van der Waals surface area contributed by atoms with Gasteiger partial charge in [-0.25, -0.2) is 0 Å². The van der Waals surface area contributed by atoms with Gasteiger partial charge >= 0.3 is 5.97 Å². The smallest absolute Gasteiger partial charge is 0.307 e. The molecular formula is C19H25N5O6S. The molecule has 0 radical (unpaired) electrons. The average Bonchev–Trinajstić information content (AvgIpc) is 3.24. The Balaban J connectivity index is 1.77. The first-order chi connectivity index (χ1) is 14.8. The first kappa shape index (κ1) is 24.0. The van der Waals surface area contributed by atoms with E-state index in [1.165, 1.54) is 29.3 Å². The maximum Gasteiger partial charge on any atom is 0.307 e. The number of nitrogens with zero attached hydrogens (tertiary/aromatic N) is 3. The molecule has 12 heteroatoms. The van der Waals surface area contributed by atoms with Gasteiger partial charge in [-0.1, -0.05) is 0 Å². The second-order valence-electron chi connectivity index (χ2n) is 6.59. The number of nitrogens with one attached hydrogen (secondary N) is 2. The van der Waals surface area contributed by atoms with E-state index in [1.807, 2.05) is 0 Å². The molecule has 1 aliphatic heterocycles. The van der Waals surface area contributed by atoms with Gasteiger partial charge < -0.3 is 15.4 Å². The first-order valence-corrected chi connectivity index (χ1v) is 10.3. The fourth-order valence-corrected chi connectivity index (χ4v) is 3.22. The lowest BCUT2D eigenvalue weighted by Gasteiger charge is -2.30. The van der Waals surface area contributed by atoms with Crippen LogP contribution in [0.4, 0.5) is 5.69 Å². The van der Waals surface area contributed by atoms with Crippen LogP contribution in [0.25, 0.3) is 0 Å². The van der Waals surface area contributed by atoms with Gasteiger partial charge in [0.25, 0.3) is 11.6 Å². The van der Waals surface area contributed by atoms with E-state index in [1.54, 1.807) is 11.9 Å². The van der Waals surface area contributed by atoms with Crippen molar-refractivity contribution in [1.29, 1.82) is 0 Å².